The smallest absolute Gasteiger partial charge is 0.466 e. The number of ether oxygens (including phenoxy) is 4. The molecule has 18 heteroatoms. The predicted molar refractivity (Wildman–Crippen MR) is 187 cm³/mol. The number of carbonyl (C=O) groups excluding carboxylic acids is 2. The highest BCUT2D eigenvalue weighted by molar-refractivity contribution is 6.62. The van der Waals surface area contributed by atoms with Crippen LogP contribution in [0.2, 0.25) is 0 Å². The number of nitrogens with two attached hydrogens (primary N) is 1. The van der Waals surface area contributed by atoms with Gasteiger partial charge < -0.3 is 54.2 Å². The van der Waals surface area contributed by atoms with E-state index in [0.717, 1.165) is 16.7 Å². The first-order chi connectivity index (χ1) is 24.9. The summed E-state index contributed by atoms with van der Waals surface area (Å²) in [5.41, 5.74) is 9.85. The van der Waals surface area contributed by atoms with Gasteiger partial charge in [0.25, 0.3) is 0 Å². The topological polar surface area (TPSA) is 225 Å². The number of aryl methyl sites for hydroxylation is 2. The predicted octanol–water partition coefficient (Wildman–Crippen LogP) is 3.28. The summed E-state index contributed by atoms with van der Waals surface area (Å²) < 4.78 is 32.4. The molecule has 2 aromatic carbocycles. The SMILES string of the molecule is CCOC(=O)CC1OB(O)c2cc(Oc3ccnc(N)c3)cc(C)c21.CCOC(=O)CC1OB(O)c2cc(Oc3ccnc([N+](=O)[O-])c3)cc(C)c21. The summed E-state index contributed by atoms with van der Waals surface area (Å²) in [6, 6.07) is 12.8. The van der Waals surface area contributed by atoms with Gasteiger partial charge in [-0.2, -0.15) is 0 Å². The molecule has 270 valence electrons. The third-order valence-corrected chi connectivity index (χ3v) is 7.99. The van der Waals surface area contributed by atoms with Crippen LogP contribution in [0.5, 0.6) is 23.0 Å². The largest absolute Gasteiger partial charge is 0.492 e. The lowest BCUT2D eigenvalue weighted by Crippen LogP contribution is -2.28. The first-order valence-corrected chi connectivity index (χ1v) is 16.3. The highest BCUT2D eigenvalue weighted by atomic mass is 16.6. The maximum Gasteiger partial charge on any atom is 0.492 e. The second-order valence-electron chi connectivity index (χ2n) is 11.7. The van der Waals surface area contributed by atoms with E-state index >= 15 is 0 Å². The van der Waals surface area contributed by atoms with Crippen LogP contribution < -0.4 is 26.1 Å². The summed E-state index contributed by atoms with van der Waals surface area (Å²) in [4.78, 5) is 41.3. The van der Waals surface area contributed by atoms with E-state index in [2.05, 4.69) is 9.97 Å². The van der Waals surface area contributed by atoms with Crippen LogP contribution in [0.1, 0.15) is 61.2 Å². The van der Waals surface area contributed by atoms with Crippen LogP contribution in [0.3, 0.4) is 0 Å². The van der Waals surface area contributed by atoms with Crippen LogP contribution in [-0.2, 0) is 28.4 Å². The van der Waals surface area contributed by atoms with E-state index in [1.807, 2.05) is 13.0 Å². The fourth-order valence-corrected chi connectivity index (χ4v) is 5.95. The zero-order chi connectivity index (χ0) is 37.5. The Kier molecular flexibility index (Phi) is 12.1. The van der Waals surface area contributed by atoms with Gasteiger partial charge in [-0.15, -0.1) is 0 Å². The summed E-state index contributed by atoms with van der Waals surface area (Å²) in [5.74, 6) is 0.964. The minimum Gasteiger partial charge on any atom is -0.466 e. The molecule has 2 atom stereocenters. The number of esters is 2. The summed E-state index contributed by atoms with van der Waals surface area (Å²) in [6.07, 6.45) is 1.74. The molecule has 4 N–H and O–H groups in total. The first kappa shape index (κ1) is 37.7. The molecule has 0 saturated carbocycles. The Balaban J connectivity index is 0.000000202. The molecule has 4 heterocycles. The Bertz CT molecular complexity index is 1970. The lowest BCUT2D eigenvalue weighted by atomic mass is 9.77. The Hall–Kier alpha value is -5.55. The van der Waals surface area contributed by atoms with Crippen molar-refractivity contribution in [3.63, 3.8) is 0 Å². The highest BCUT2D eigenvalue weighted by Crippen LogP contribution is 2.35. The number of nitrogens with zero attached hydrogens (tertiary/aromatic N) is 3. The maximum atomic E-state index is 11.8. The lowest BCUT2D eigenvalue weighted by molar-refractivity contribution is -0.389. The summed E-state index contributed by atoms with van der Waals surface area (Å²) in [6.45, 7) is 7.73. The van der Waals surface area contributed by atoms with Crippen molar-refractivity contribution in [1.29, 1.82) is 0 Å². The monoisotopic (exact) mass is 714 g/mol. The molecule has 0 radical (unpaired) electrons. The minimum atomic E-state index is -1.20. The number of hydrogen-bond acceptors (Lipinski definition) is 15. The number of benzene rings is 2. The molecule has 2 unspecified atom stereocenters. The lowest BCUT2D eigenvalue weighted by Gasteiger charge is -2.15. The van der Waals surface area contributed by atoms with Crippen molar-refractivity contribution in [3.05, 3.63) is 93.3 Å². The maximum absolute atomic E-state index is 11.8. The summed E-state index contributed by atoms with van der Waals surface area (Å²) in [5, 5.41) is 31.2. The van der Waals surface area contributed by atoms with Crippen LogP contribution in [0.15, 0.2) is 60.9 Å². The molecule has 52 heavy (non-hydrogen) atoms. The van der Waals surface area contributed by atoms with Crippen LogP contribution in [0.25, 0.3) is 0 Å². The van der Waals surface area contributed by atoms with Gasteiger partial charge in [0.1, 0.15) is 35.0 Å². The molecule has 0 saturated heterocycles. The number of nitro groups is 1. The molecule has 2 aliphatic rings. The van der Waals surface area contributed by atoms with Gasteiger partial charge in [0, 0.05) is 18.3 Å². The molecule has 2 aromatic heterocycles. The number of pyridine rings is 2. The first-order valence-electron chi connectivity index (χ1n) is 16.3. The fraction of sp³-hybridized carbons (Fsp3) is 0.294. The third kappa shape index (κ3) is 9.02. The quantitative estimate of drug-likeness (QED) is 0.0877. The molecule has 16 nitrogen and oxygen atoms in total. The van der Waals surface area contributed by atoms with E-state index in [1.165, 1.54) is 18.3 Å². The molecule has 0 fully saturated rings. The van der Waals surface area contributed by atoms with Crippen molar-refractivity contribution in [2.24, 2.45) is 0 Å². The van der Waals surface area contributed by atoms with Gasteiger partial charge in [-0.1, -0.05) is 0 Å². The Labute approximate surface area is 299 Å². The van der Waals surface area contributed by atoms with E-state index in [9.17, 15) is 29.8 Å². The summed E-state index contributed by atoms with van der Waals surface area (Å²) in [7, 11) is -2.31. The number of fused-ring (bicyclic) bond motifs is 2. The van der Waals surface area contributed by atoms with E-state index in [1.54, 1.807) is 57.3 Å². The van der Waals surface area contributed by atoms with Crippen LogP contribution >= 0.6 is 0 Å². The molecule has 6 rings (SSSR count). The van der Waals surface area contributed by atoms with Crippen molar-refractivity contribution >= 4 is 48.7 Å². The van der Waals surface area contributed by atoms with Crippen molar-refractivity contribution in [1.82, 2.24) is 9.97 Å². The second-order valence-corrected chi connectivity index (χ2v) is 11.7. The Morgan fingerprint density at radius 2 is 1.25 bits per heavy atom. The van der Waals surface area contributed by atoms with Crippen molar-refractivity contribution in [2.75, 3.05) is 18.9 Å². The molecule has 0 spiro atoms. The van der Waals surface area contributed by atoms with Crippen LogP contribution in [0.4, 0.5) is 11.6 Å². The highest BCUT2D eigenvalue weighted by Gasteiger charge is 2.39. The molecule has 0 aliphatic carbocycles. The van der Waals surface area contributed by atoms with E-state index in [-0.39, 0.29) is 37.0 Å². The third-order valence-electron chi connectivity index (χ3n) is 7.99. The standard InChI is InChI=1S/C17H17BN2O7.C17H19BN2O5/c1-3-25-16(21)9-14-17-10(2)6-12(7-13(17)18(22)27-14)26-11-4-5-19-15(8-11)20(23)24;1-3-23-16(21)9-14-17-10(2)6-12(7-13(17)18(22)25-14)24-11-4-5-20-15(19)8-11/h4-8,14,22H,3,9H2,1-2H3;4-8,14,22H,3,9H2,1-2H3,(H2,19,20). The van der Waals surface area contributed by atoms with Crippen molar-refractivity contribution in [2.45, 2.75) is 52.7 Å². The van der Waals surface area contributed by atoms with Crippen molar-refractivity contribution < 1.29 is 52.8 Å². The minimum absolute atomic E-state index is 0.00447. The molecule has 4 aromatic rings. The second kappa shape index (κ2) is 16.6. The van der Waals surface area contributed by atoms with E-state index in [4.69, 9.17) is 34.0 Å². The number of rotatable bonds is 11. The summed E-state index contributed by atoms with van der Waals surface area (Å²) >= 11 is 0. The van der Waals surface area contributed by atoms with Gasteiger partial charge in [-0.05, 0) is 101 Å². The van der Waals surface area contributed by atoms with Crippen LogP contribution in [0, 0.1) is 24.0 Å². The fourth-order valence-electron chi connectivity index (χ4n) is 5.95. The van der Waals surface area contributed by atoms with Gasteiger partial charge in [-0.3, -0.25) is 9.59 Å². The van der Waals surface area contributed by atoms with Gasteiger partial charge in [0.15, 0.2) is 0 Å². The average molecular weight is 714 g/mol. The van der Waals surface area contributed by atoms with Crippen molar-refractivity contribution in [3.8, 4) is 23.0 Å². The average Bonchev–Trinajstić information content (AvgIpc) is 3.56. The van der Waals surface area contributed by atoms with Crippen LogP contribution in [-0.4, -0.2) is 64.3 Å². The zero-order valence-electron chi connectivity index (χ0n) is 28.8. The zero-order valence-corrected chi connectivity index (χ0v) is 28.8. The van der Waals surface area contributed by atoms with E-state index < -0.39 is 37.3 Å². The number of carbonyl (C=O) groups is 2. The molecular formula is C34H36B2N4O12. The van der Waals surface area contributed by atoms with E-state index in [0.29, 0.717) is 46.2 Å². The van der Waals surface area contributed by atoms with Gasteiger partial charge >= 0.3 is 32.0 Å². The van der Waals surface area contributed by atoms with Gasteiger partial charge in [0.05, 0.1) is 44.3 Å². The molecular weight excluding hydrogens is 678 g/mol. The number of hydrogen-bond donors (Lipinski definition) is 3. The number of aromatic nitrogens is 2. The Morgan fingerprint density at radius 1 is 0.788 bits per heavy atom. The Morgan fingerprint density at radius 3 is 1.69 bits per heavy atom. The normalized spacial score (nSPS) is 15.6. The molecule has 2 aliphatic heterocycles. The number of anilines is 1. The number of nitrogen functional groups attached to an aromatic ring is 1. The van der Waals surface area contributed by atoms with Gasteiger partial charge in [-0.25, -0.2) is 4.98 Å². The molecule has 0 bridgehead atoms. The van der Waals surface area contributed by atoms with Gasteiger partial charge in [0.2, 0.25) is 0 Å². The molecule has 0 amide bonds.